The van der Waals surface area contributed by atoms with Crippen LogP contribution in [0.15, 0.2) is 63.2 Å². The second-order valence-corrected chi connectivity index (χ2v) is 10.6. The number of fused-ring (bicyclic) bond motifs is 1. The molecule has 34 heavy (non-hydrogen) atoms. The maximum absolute atomic E-state index is 14.1. The summed E-state index contributed by atoms with van der Waals surface area (Å²) >= 11 is 1.18. The molecule has 0 aliphatic carbocycles. The summed E-state index contributed by atoms with van der Waals surface area (Å²) in [5.41, 5.74) is 0.732. The molecule has 0 radical (unpaired) electrons. The van der Waals surface area contributed by atoms with Gasteiger partial charge in [0.05, 0.1) is 30.4 Å². The van der Waals surface area contributed by atoms with E-state index in [1.165, 1.54) is 44.2 Å². The van der Waals surface area contributed by atoms with E-state index in [1.54, 1.807) is 24.3 Å². The van der Waals surface area contributed by atoms with Gasteiger partial charge in [0.1, 0.15) is 29.0 Å². The lowest BCUT2D eigenvalue weighted by atomic mass is 10.1. The lowest BCUT2D eigenvalue weighted by Crippen LogP contribution is -2.12. The fourth-order valence-corrected chi connectivity index (χ4v) is 6.08. The Hall–Kier alpha value is -3.11. The molecule has 5 nitrogen and oxygen atoms in total. The van der Waals surface area contributed by atoms with Gasteiger partial charge in [-0.1, -0.05) is 17.8 Å². The molecule has 4 rings (SSSR count). The zero-order valence-corrected chi connectivity index (χ0v) is 19.8. The molecule has 0 aromatic heterocycles. The summed E-state index contributed by atoms with van der Waals surface area (Å²) in [4.78, 5) is 1.19. The summed E-state index contributed by atoms with van der Waals surface area (Å²) in [6.45, 7) is 0.276. The van der Waals surface area contributed by atoms with Crippen LogP contribution in [0.4, 0.5) is 18.9 Å². The molecular weight excluding hydrogens is 487 g/mol. The average Bonchev–Trinajstić information content (AvgIpc) is 2.80. The first-order valence-electron chi connectivity index (χ1n) is 10.1. The SMILES string of the molecule is COc1cccc(OC)c1CS(=O)(=O)c1ccc2c(c1)SC(=Cc1c(F)cc(F)cc1F)CN2. The summed E-state index contributed by atoms with van der Waals surface area (Å²) in [6, 6.07) is 10.9. The van der Waals surface area contributed by atoms with E-state index < -0.39 is 27.3 Å². The molecule has 10 heteroatoms. The Bertz CT molecular complexity index is 1350. The number of nitrogens with one attached hydrogen (secondary N) is 1. The molecular formula is C24H20F3NO4S2. The third-order valence-electron chi connectivity index (χ3n) is 5.22. The number of rotatable bonds is 6. The van der Waals surface area contributed by atoms with Gasteiger partial charge in [-0.15, -0.1) is 0 Å². The first-order chi connectivity index (χ1) is 16.2. The number of benzene rings is 3. The van der Waals surface area contributed by atoms with E-state index in [4.69, 9.17) is 9.47 Å². The molecule has 0 spiro atoms. The van der Waals surface area contributed by atoms with Crippen LogP contribution in [0, 0.1) is 17.5 Å². The summed E-state index contributed by atoms with van der Waals surface area (Å²) in [7, 11) is -0.887. The predicted octanol–water partition coefficient (Wildman–Crippen LogP) is 5.65. The van der Waals surface area contributed by atoms with Crippen LogP contribution < -0.4 is 14.8 Å². The van der Waals surface area contributed by atoms with Crippen LogP contribution in [0.5, 0.6) is 11.5 Å². The summed E-state index contributed by atoms with van der Waals surface area (Å²) in [5.74, 6) is -2.59. The molecule has 1 aliphatic heterocycles. The quantitative estimate of drug-likeness (QED) is 0.465. The third kappa shape index (κ3) is 4.88. The Kier molecular flexibility index (Phi) is 6.81. The Labute approximate surface area is 199 Å². The maximum atomic E-state index is 14.1. The van der Waals surface area contributed by atoms with Crippen molar-refractivity contribution in [3.05, 3.63) is 82.0 Å². The smallest absolute Gasteiger partial charge is 0.182 e. The molecule has 3 aromatic rings. The predicted molar refractivity (Wildman–Crippen MR) is 126 cm³/mol. The fraction of sp³-hybridized carbons (Fsp3) is 0.167. The highest BCUT2D eigenvalue weighted by atomic mass is 32.2. The highest BCUT2D eigenvalue weighted by molar-refractivity contribution is 8.03. The van der Waals surface area contributed by atoms with Crippen molar-refractivity contribution in [2.75, 3.05) is 26.1 Å². The zero-order valence-electron chi connectivity index (χ0n) is 18.2. The van der Waals surface area contributed by atoms with Crippen molar-refractivity contribution in [2.45, 2.75) is 15.5 Å². The number of anilines is 1. The zero-order chi connectivity index (χ0) is 24.5. The maximum Gasteiger partial charge on any atom is 0.182 e. The Morgan fingerprint density at radius 3 is 2.26 bits per heavy atom. The second-order valence-electron chi connectivity index (χ2n) is 7.41. The minimum Gasteiger partial charge on any atom is -0.496 e. The number of halogens is 3. The van der Waals surface area contributed by atoms with Crippen LogP contribution >= 0.6 is 11.8 Å². The van der Waals surface area contributed by atoms with Crippen LogP contribution in [0.2, 0.25) is 0 Å². The van der Waals surface area contributed by atoms with Crippen LogP contribution in [-0.4, -0.2) is 29.2 Å². The molecule has 0 atom stereocenters. The molecule has 0 saturated carbocycles. The summed E-state index contributed by atoms with van der Waals surface area (Å²) < 4.78 is 78.4. The number of methoxy groups -OCH3 is 2. The van der Waals surface area contributed by atoms with Gasteiger partial charge < -0.3 is 14.8 Å². The average molecular weight is 508 g/mol. The van der Waals surface area contributed by atoms with Crippen LogP contribution in [0.1, 0.15) is 11.1 Å². The monoisotopic (exact) mass is 507 g/mol. The van der Waals surface area contributed by atoms with Gasteiger partial charge in [-0.3, -0.25) is 0 Å². The van der Waals surface area contributed by atoms with Crippen LogP contribution in [0.3, 0.4) is 0 Å². The summed E-state index contributed by atoms with van der Waals surface area (Å²) in [6.07, 6.45) is 1.28. The van der Waals surface area contributed by atoms with Gasteiger partial charge in [0.2, 0.25) is 0 Å². The molecule has 1 N–H and O–H groups in total. The van der Waals surface area contributed by atoms with E-state index in [0.717, 1.165) is 0 Å². The third-order valence-corrected chi connectivity index (χ3v) is 7.94. The van der Waals surface area contributed by atoms with Gasteiger partial charge in [-0.25, -0.2) is 21.6 Å². The Balaban J connectivity index is 1.65. The first-order valence-corrected chi connectivity index (χ1v) is 12.5. The first kappa shape index (κ1) is 24.0. The van der Waals surface area contributed by atoms with E-state index in [-0.39, 0.29) is 22.8 Å². The van der Waals surface area contributed by atoms with Crippen LogP contribution in [0.25, 0.3) is 6.08 Å². The minimum absolute atomic E-state index is 0.0777. The number of hydrogen-bond donors (Lipinski definition) is 1. The van der Waals surface area contributed by atoms with Gasteiger partial charge in [-0.2, -0.15) is 0 Å². The van der Waals surface area contributed by atoms with E-state index >= 15 is 0 Å². The van der Waals surface area contributed by atoms with Crippen molar-refractivity contribution in [1.82, 2.24) is 0 Å². The molecule has 0 fully saturated rings. The van der Waals surface area contributed by atoms with E-state index in [9.17, 15) is 21.6 Å². The fourth-order valence-electron chi connectivity index (χ4n) is 3.56. The van der Waals surface area contributed by atoms with Crippen LogP contribution in [-0.2, 0) is 15.6 Å². The van der Waals surface area contributed by atoms with E-state index in [2.05, 4.69) is 5.32 Å². The van der Waals surface area contributed by atoms with Crippen molar-refractivity contribution >= 4 is 33.4 Å². The largest absolute Gasteiger partial charge is 0.496 e. The molecule has 0 amide bonds. The molecule has 1 heterocycles. The van der Waals surface area contributed by atoms with Gasteiger partial charge in [0.25, 0.3) is 0 Å². The highest BCUT2D eigenvalue weighted by Crippen LogP contribution is 2.41. The number of hydrogen-bond acceptors (Lipinski definition) is 6. The standard InChI is InChI=1S/C24H20F3NO4S2/c1-31-22-4-3-5-23(32-2)18(22)13-34(29,30)16-6-7-21-24(11-16)33-15(12-28-21)10-17-19(26)8-14(25)9-20(17)27/h3-11,28H,12-13H2,1-2H3. The Morgan fingerprint density at radius 1 is 1.00 bits per heavy atom. The normalized spacial score (nSPS) is 14.4. The van der Waals surface area contributed by atoms with Gasteiger partial charge in [0.15, 0.2) is 9.84 Å². The van der Waals surface area contributed by atoms with E-state index in [1.807, 2.05) is 0 Å². The van der Waals surface area contributed by atoms with Crippen molar-refractivity contribution in [3.8, 4) is 11.5 Å². The van der Waals surface area contributed by atoms with Crippen molar-refractivity contribution in [3.63, 3.8) is 0 Å². The van der Waals surface area contributed by atoms with Gasteiger partial charge >= 0.3 is 0 Å². The highest BCUT2D eigenvalue weighted by Gasteiger charge is 2.24. The molecule has 178 valence electrons. The minimum atomic E-state index is -3.79. The van der Waals surface area contributed by atoms with Crippen molar-refractivity contribution < 1.29 is 31.1 Å². The van der Waals surface area contributed by atoms with Crippen molar-refractivity contribution in [2.24, 2.45) is 0 Å². The lowest BCUT2D eigenvalue weighted by Gasteiger charge is -2.21. The van der Waals surface area contributed by atoms with Gasteiger partial charge in [0, 0.05) is 39.7 Å². The van der Waals surface area contributed by atoms with Gasteiger partial charge in [-0.05, 0) is 36.4 Å². The number of thioether (sulfide) groups is 1. The van der Waals surface area contributed by atoms with Crippen molar-refractivity contribution in [1.29, 1.82) is 0 Å². The lowest BCUT2D eigenvalue weighted by molar-refractivity contribution is 0.387. The molecule has 1 aliphatic rings. The molecule has 0 unspecified atom stereocenters. The Morgan fingerprint density at radius 2 is 1.65 bits per heavy atom. The van der Waals surface area contributed by atoms with E-state index in [0.29, 0.717) is 44.7 Å². The molecule has 0 bridgehead atoms. The molecule has 0 saturated heterocycles. The topological polar surface area (TPSA) is 64.6 Å². The molecule has 3 aromatic carbocycles. The second kappa shape index (κ2) is 9.63. The number of sulfone groups is 1. The summed E-state index contributed by atoms with van der Waals surface area (Å²) in [5, 5.41) is 3.11. The number of ether oxygens (including phenoxy) is 2.